The zero-order chi connectivity index (χ0) is 11.5. The van der Waals surface area contributed by atoms with Crippen LogP contribution < -0.4 is 0 Å². The summed E-state index contributed by atoms with van der Waals surface area (Å²) in [7, 11) is 0. The number of rotatable bonds is 9. The molecule has 0 aliphatic carbocycles. The molecule has 0 saturated carbocycles. The normalized spacial score (nSPS) is 11.8. The first-order valence-corrected chi connectivity index (χ1v) is 5.70. The highest BCUT2D eigenvalue weighted by Gasteiger charge is 2.07. The van der Waals surface area contributed by atoms with Crippen LogP contribution in [0.25, 0.3) is 0 Å². The van der Waals surface area contributed by atoms with Gasteiger partial charge in [0.15, 0.2) is 0 Å². The van der Waals surface area contributed by atoms with Crippen LogP contribution in [-0.2, 0) is 9.53 Å². The molecule has 0 rings (SSSR count). The lowest BCUT2D eigenvalue weighted by Crippen LogP contribution is -2.13. The third-order valence-electron chi connectivity index (χ3n) is 2.29. The molecule has 0 spiro atoms. The molecular weight excluding hydrogens is 188 g/mol. The highest BCUT2D eigenvalue weighted by molar-refractivity contribution is 5.81. The van der Waals surface area contributed by atoms with Crippen molar-refractivity contribution in [3.8, 4) is 0 Å². The van der Waals surface area contributed by atoms with Crippen LogP contribution in [0.1, 0.15) is 45.4 Å². The van der Waals surface area contributed by atoms with Crippen molar-refractivity contribution in [2.75, 3.05) is 0 Å². The van der Waals surface area contributed by atoms with Gasteiger partial charge in [0.2, 0.25) is 0 Å². The molecule has 86 valence electrons. The van der Waals surface area contributed by atoms with E-state index in [1.165, 1.54) is 31.8 Å². The molecule has 2 heteroatoms. The Bertz CT molecular complexity index is 197. The Morgan fingerprint density at radius 1 is 1.27 bits per heavy atom. The molecule has 0 bridgehead atoms. The third kappa shape index (κ3) is 7.98. The van der Waals surface area contributed by atoms with Crippen LogP contribution in [0.5, 0.6) is 0 Å². The van der Waals surface area contributed by atoms with E-state index in [-0.39, 0.29) is 12.1 Å². The summed E-state index contributed by atoms with van der Waals surface area (Å²) in [6, 6.07) is 0. The summed E-state index contributed by atoms with van der Waals surface area (Å²) in [6.45, 7) is 9.20. The highest BCUT2D eigenvalue weighted by Crippen LogP contribution is 2.10. The Kier molecular flexibility index (Phi) is 8.84. The van der Waals surface area contributed by atoms with Crippen LogP contribution in [0.15, 0.2) is 25.3 Å². The number of hydrogen-bond donors (Lipinski definition) is 0. The maximum atomic E-state index is 10.9. The van der Waals surface area contributed by atoms with E-state index >= 15 is 0 Å². The molecule has 0 heterocycles. The van der Waals surface area contributed by atoms with Gasteiger partial charge in [0.25, 0.3) is 0 Å². The lowest BCUT2D eigenvalue weighted by Gasteiger charge is -2.12. The van der Waals surface area contributed by atoms with Gasteiger partial charge in [-0.25, -0.2) is 4.79 Å². The van der Waals surface area contributed by atoms with Crippen molar-refractivity contribution >= 4 is 5.97 Å². The van der Waals surface area contributed by atoms with Crippen LogP contribution in [-0.4, -0.2) is 12.1 Å². The topological polar surface area (TPSA) is 26.3 Å². The molecule has 0 aromatic heterocycles. The Morgan fingerprint density at radius 3 is 2.47 bits per heavy atom. The van der Waals surface area contributed by atoms with Crippen LogP contribution >= 0.6 is 0 Å². The van der Waals surface area contributed by atoms with Crippen molar-refractivity contribution in [1.82, 2.24) is 0 Å². The molecular formula is C13H22O2. The van der Waals surface area contributed by atoms with E-state index in [9.17, 15) is 4.79 Å². The molecule has 0 N–H and O–H groups in total. The number of carbonyl (C=O) groups excluding carboxylic acids is 1. The first kappa shape index (κ1) is 13.9. The van der Waals surface area contributed by atoms with Crippen molar-refractivity contribution in [3.63, 3.8) is 0 Å². The first-order valence-electron chi connectivity index (χ1n) is 5.70. The van der Waals surface area contributed by atoms with Crippen LogP contribution in [0.4, 0.5) is 0 Å². The van der Waals surface area contributed by atoms with Crippen molar-refractivity contribution in [2.45, 2.75) is 51.6 Å². The Balaban J connectivity index is 3.57. The molecule has 0 aromatic carbocycles. The number of esters is 1. The van der Waals surface area contributed by atoms with E-state index in [0.717, 1.165) is 12.8 Å². The zero-order valence-corrected chi connectivity index (χ0v) is 9.71. The molecule has 0 aromatic rings. The maximum absolute atomic E-state index is 10.9. The second-order valence-electron chi connectivity index (χ2n) is 3.62. The van der Waals surface area contributed by atoms with E-state index in [4.69, 9.17) is 4.74 Å². The SMILES string of the molecule is C=CC(=O)OC(C=C)CCCCCCC. The fourth-order valence-corrected chi connectivity index (χ4v) is 1.37. The van der Waals surface area contributed by atoms with E-state index in [2.05, 4.69) is 20.1 Å². The number of unbranched alkanes of at least 4 members (excludes halogenated alkanes) is 4. The lowest BCUT2D eigenvalue weighted by molar-refractivity contribution is -0.141. The van der Waals surface area contributed by atoms with Crippen LogP contribution in [0.2, 0.25) is 0 Å². The fourth-order valence-electron chi connectivity index (χ4n) is 1.37. The molecule has 15 heavy (non-hydrogen) atoms. The minimum atomic E-state index is -0.367. The highest BCUT2D eigenvalue weighted by atomic mass is 16.5. The summed E-state index contributed by atoms with van der Waals surface area (Å²) in [6.07, 6.45) is 9.65. The van der Waals surface area contributed by atoms with Crippen molar-refractivity contribution in [2.24, 2.45) is 0 Å². The van der Waals surface area contributed by atoms with Gasteiger partial charge in [0.05, 0.1) is 0 Å². The monoisotopic (exact) mass is 210 g/mol. The average molecular weight is 210 g/mol. The Hall–Kier alpha value is -1.05. The van der Waals surface area contributed by atoms with E-state index in [1.807, 2.05) is 0 Å². The molecule has 0 amide bonds. The minimum Gasteiger partial charge on any atom is -0.455 e. The molecule has 1 atom stereocenters. The number of carbonyl (C=O) groups is 1. The predicted octanol–water partition coefficient (Wildman–Crippen LogP) is 3.63. The fraction of sp³-hybridized carbons (Fsp3) is 0.615. The Morgan fingerprint density at radius 2 is 1.93 bits per heavy atom. The average Bonchev–Trinajstić information content (AvgIpc) is 2.26. The summed E-state index contributed by atoms with van der Waals surface area (Å²) >= 11 is 0. The van der Waals surface area contributed by atoms with Gasteiger partial charge in [-0.2, -0.15) is 0 Å². The zero-order valence-electron chi connectivity index (χ0n) is 9.71. The van der Waals surface area contributed by atoms with Crippen LogP contribution in [0.3, 0.4) is 0 Å². The third-order valence-corrected chi connectivity index (χ3v) is 2.29. The molecule has 2 nitrogen and oxygen atoms in total. The van der Waals surface area contributed by atoms with E-state index < -0.39 is 0 Å². The molecule has 1 unspecified atom stereocenters. The second-order valence-corrected chi connectivity index (χ2v) is 3.62. The van der Waals surface area contributed by atoms with Gasteiger partial charge in [-0.1, -0.05) is 51.8 Å². The number of ether oxygens (including phenoxy) is 1. The lowest BCUT2D eigenvalue weighted by atomic mass is 10.1. The van der Waals surface area contributed by atoms with Crippen molar-refractivity contribution in [3.05, 3.63) is 25.3 Å². The maximum Gasteiger partial charge on any atom is 0.330 e. The summed E-state index contributed by atoms with van der Waals surface area (Å²) in [4.78, 5) is 10.9. The minimum absolute atomic E-state index is 0.155. The molecule has 0 radical (unpaired) electrons. The summed E-state index contributed by atoms with van der Waals surface area (Å²) in [5.74, 6) is -0.367. The van der Waals surface area contributed by atoms with Gasteiger partial charge in [0, 0.05) is 6.08 Å². The largest absolute Gasteiger partial charge is 0.455 e. The predicted molar refractivity (Wildman–Crippen MR) is 63.7 cm³/mol. The van der Waals surface area contributed by atoms with Gasteiger partial charge in [-0.05, 0) is 12.8 Å². The van der Waals surface area contributed by atoms with E-state index in [0.29, 0.717) is 0 Å². The summed E-state index contributed by atoms with van der Waals surface area (Å²) in [5, 5.41) is 0. The van der Waals surface area contributed by atoms with Gasteiger partial charge in [-0.15, -0.1) is 0 Å². The Labute approximate surface area is 93.0 Å². The first-order chi connectivity index (χ1) is 7.24. The quantitative estimate of drug-likeness (QED) is 0.251. The molecule has 0 aliphatic rings. The standard InChI is InChI=1S/C13H22O2/c1-4-7-8-9-10-11-12(5-2)15-13(14)6-3/h5-6,12H,2-4,7-11H2,1H3. The van der Waals surface area contributed by atoms with Crippen LogP contribution in [0, 0.1) is 0 Å². The molecule has 0 fully saturated rings. The van der Waals surface area contributed by atoms with Gasteiger partial charge >= 0.3 is 5.97 Å². The van der Waals surface area contributed by atoms with E-state index in [1.54, 1.807) is 6.08 Å². The molecule has 0 saturated heterocycles. The van der Waals surface area contributed by atoms with Gasteiger partial charge < -0.3 is 4.74 Å². The van der Waals surface area contributed by atoms with Gasteiger partial charge in [0.1, 0.15) is 6.10 Å². The summed E-state index contributed by atoms with van der Waals surface area (Å²) in [5.41, 5.74) is 0. The smallest absolute Gasteiger partial charge is 0.330 e. The van der Waals surface area contributed by atoms with Gasteiger partial charge in [-0.3, -0.25) is 0 Å². The number of hydrogen-bond acceptors (Lipinski definition) is 2. The van der Waals surface area contributed by atoms with Crippen molar-refractivity contribution in [1.29, 1.82) is 0 Å². The molecule has 0 aliphatic heterocycles. The summed E-state index contributed by atoms with van der Waals surface area (Å²) < 4.78 is 5.08. The second kappa shape index (κ2) is 9.50. The van der Waals surface area contributed by atoms with Crippen molar-refractivity contribution < 1.29 is 9.53 Å².